The average molecular weight is 216 g/mol. The van der Waals surface area contributed by atoms with Gasteiger partial charge in [-0.05, 0) is 60.0 Å². The highest BCUT2D eigenvalue weighted by Gasteiger charge is 2.05. The minimum absolute atomic E-state index is 0.928. The lowest BCUT2D eigenvalue weighted by atomic mass is 10.0. The molecule has 0 bridgehead atoms. The van der Waals surface area contributed by atoms with E-state index < -0.39 is 0 Å². The van der Waals surface area contributed by atoms with E-state index in [1.165, 1.54) is 10.8 Å². The first-order valence-electron chi connectivity index (χ1n) is 5.28. The van der Waals surface area contributed by atoms with Crippen LogP contribution in [-0.2, 0) is 0 Å². The molecule has 0 aliphatic heterocycles. The first-order valence-corrected chi connectivity index (χ1v) is 5.28. The SMILES string of the molecule is COc1cc2cc(C)c(OC)cc2cc1C. The van der Waals surface area contributed by atoms with Crippen LogP contribution >= 0.6 is 0 Å². The predicted molar refractivity (Wildman–Crippen MR) is 66.5 cm³/mol. The van der Waals surface area contributed by atoms with Crippen LogP contribution in [0.15, 0.2) is 24.3 Å². The monoisotopic (exact) mass is 216 g/mol. The van der Waals surface area contributed by atoms with E-state index in [0.29, 0.717) is 0 Å². The Morgan fingerprint density at radius 1 is 0.688 bits per heavy atom. The lowest BCUT2D eigenvalue weighted by molar-refractivity contribution is 0.411. The van der Waals surface area contributed by atoms with Gasteiger partial charge in [-0.25, -0.2) is 0 Å². The molecule has 0 heterocycles. The molecule has 2 nitrogen and oxygen atoms in total. The van der Waals surface area contributed by atoms with Crippen molar-refractivity contribution in [3.8, 4) is 11.5 Å². The zero-order chi connectivity index (χ0) is 11.7. The molecule has 0 saturated heterocycles. The van der Waals surface area contributed by atoms with Crippen molar-refractivity contribution in [2.45, 2.75) is 13.8 Å². The Kier molecular flexibility index (Phi) is 2.73. The Labute approximate surface area is 95.8 Å². The quantitative estimate of drug-likeness (QED) is 0.765. The number of ether oxygens (including phenoxy) is 2. The maximum atomic E-state index is 5.32. The smallest absolute Gasteiger partial charge is 0.122 e. The molecule has 0 aliphatic rings. The van der Waals surface area contributed by atoms with E-state index >= 15 is 0 Å². The number of aryl methyl sites for hydroxylation is 2. The third kappa shape index (κ3) is 1.71. The number of fused-ring (bicyclic) bond motifs is 1. The molecule has 16 heavy (non-hydrogen) atoms. The third-order valence-electron chi connectivity index (χ3n) is 2.87. The van der Waals surface area contributed by atoms with Gasteiger partial charge >= 0.3 is 0 Å². The van der Waals surface area contributed by atoms with Gasteiger partial charge in [-0.2, -0.15) is 0 Å². The Bertz CT molecular complexity index is 480. The molecule has 0 spiro atoms. The zero-order valence-corrected chi connectivity index (χ0v) is 10.1. The van der Waals surface area contributed by atoms with Crippen molar-refractivity contribution in [2.24, 2.45) is 0 Å². The number of rotatable bonds is 2. The maximum Gasteiger partial charge on any atom is 0.122 e. The van der Waals surface area contributed by atoms with Crippen LogP contribution < -0.4 is 9.47 Å². The zero-order valence-electron chi connectivity index (χ0n) is 10.1. The first kappa shape index (κ1) is 10.8. The summed E-state index contributed by atoms with van der Waals surface area (Å²) in [5, 5.41) is 2.36. The predicted octanol–water partition coefficient (Wildman–Crippen LogP) is 3.47. The van der Waals surface area contributed by atoms with E-state index in [0.717, 1.165) is 22.6 Å². The third-order valence-corrected chi connectivity index (χ3v) is 2.87. The fraction of sp³-hybridized carbons (Fsp3) is 0.286. The summed E-state index contributed by atoms with van der Waals surface area (Å²) < 4.78 is 10.6. The molecule has 84 valence electrons. The topological polar surface area (TPSA) is 18.5 Å². The molecule has 0 radical (unpaired) electrons. The van der Waals surface area contributed by atoms with E-state index in [2.05, 4.69) is 24.3 Å². The minimum Gasteiger partial charge on any atom is -0.496 e. The second kappa shape index (κ2) is 4.05. The lowest BCUT2D eigenvalue weighted by Gasteiger charge is -2.10. The van der Waals surface area contributed by atoms with E-state index in [9.17, 15) is 0 Å². The first-order chi connectivity index (χ1) is 7.65. The van der Waals surface area contributed by atoms with Gasteiger partial charge in [-0.3, -0.25) is 0 Å². The van der Waals surface area contributed by atoms with Gasteiger partial charge in [-0.1, -0.05) is 0 Å². The molecule has 2 rings (SSSR count). The van der Waals surface area contributed by atoms with Crippen molar-refractivity contribution in [2.75, 3.05) is 14.2 Å². The molecule has 0 unspecified atom stereocenters. The minimum atomic E-state index is 0.928. The number of methoxy groups -OCH3 is 2. The molecule has 0 saturated carbocycles. The molecule has 0 fully saturated rings. The van der Waals surface area contributed by atoms with Crippen molar-refractivity contribution in [3.63, 3.8) is 0 Å². The van der Waals surface area contributed by atoms with E-state index in [1.807, 2.05) is 13.8 Å². The van der Waals surface area contributed by atoms with Crippen LogP contribution in [0.3, 0.4) is 0 Å². The summed E-state index contributed by atoms with van der Waals surface area (Å²) in [6.45, 7) is 4.09. The second-order valence-electron chi connectivity index (χ2n) is 3.99. The second-order valence-corrected chi connectivity index (χ2v) is 3.99. The van der Waals surface area contributed by atoms with Gasteiger partial charge in [0.15, 0.2) is 0 Å². The van der Waals surface area contributed by atoms with Gasteiger partial charge in [0.2, 0.25) is 0 Å². The van der Waals surface area contributed by atoms with Crippen molar-refractivity contribution in [1.29, 1.82) is 0 Å². The molecular formula is C14H16O2. The number of hydrogen-bond donors (Lipinski definition) is 0. The molecule has 0 amide bonds. The van der Waals surface area contributed by atoms with Gasteiger partial charge in [0.1, 0.15) is 11.5 Å². The Morgan fingerprint density at radius 3 is 1.38 bits per heavy atom. The Morgan fingerprint density at radius 2 is 1.06 bits per heavy atom. The molecular weight excluding hydrogens is 200 g/mol. The van der Waals surface area contributed by atoms with Gasteiger partial charge in [0.05, 0.1) is 14.2 Å². The molecule has 2 heteroatoms. The molecule has 0 N–H and O–H groups in total. The van der Waals surface area contributed by atoms with Gasteiger partial charge < -0.3 is 9.47 Å². The van der Waals surface area contributed by atoms with Crippen LogP contribution in [0.1, 0.15) is 11.1 Å². The molecule has 0 aliphatic carbocycles. The summed E-state index contributed by atoms with van der Waals surface area (Å²) in [4.78, 5) is 0. The highest BCUT2D eigenvalue weighted by molar-refractivity contribution is 5.87. The standard InChI is InChI=1S/C14H16O2/c1-9-5-11-8-14(16-4)10(2)6-12(11)7-13(9)15-3/h5-8H,1-4H3. The van der Waals surface area contributed by atoms with Crippen LogP contribution in [0.2, 0.25) is 0 Å². The van der Waals surface area contributed by atoms with Crippen LogP contribution in [0.5, 0.6) is 11.5 Å². The van der Waals surface area contributed by atoms with Crippen molar-refractivity contribution in [3.05, 3.63) is 35.4 Å². The van der Waals surface area contributed by atoms with E-state index in [4.69, 9.17) is 9.47 Å². The van der Waals surface area contributed by atoms with Crippen LogP contribution in [0, 0.1) is 13.8 Å². The largest absolute Gasteiger partial charge is 0.496 e. The van der Waals surface area contributed by atoms with Crippen molar-refractivity contribution >= 4 is 10.8 Å². The highest BCUT2D eigenvalue weighted by Crippen LogP contribution is 2.30. The van der Waals surface area contributed by atoms with Gasteiger partial charge in [0.25, 0.3) is 0 Å². The van der Waals surface area contributed by atoms with Crippen LogP contribution in [0.4, 0.5) is 0 Å². The molecule has 0 atom stereocenters. The number of hydrogen-bond acceptors (Lipinski definition) is 2. The summed E-state index contributed by atoms with van der Waals surface area (Å²) >= 11 is 0. The fourth-order valence-electron chi connectivity index (χ4n) is 1.98. The summed E-state index contributed by atoms with van der Waals surface area (Å²) in [6.07, 6.45) is 0. The van der Waals surface area contributed by atoms with Crippen molar-refractivity contribution in [1.82, 2.24) is 0 Å². The average Bonchev–Trinajstić information content (AvgIpc) is 2.28. The summed E-state index contributed by atoms with van der Waals surface area (Å²) in [6, 6.07) is 8.38. The van der Waals surface area contributed by atoms with Crippen LogP contribution in [-0.4, -0.2) is 14.2 Å². The van der Waals surface area contributed by atoms with Crippen molar-refractivity contribution < 1.29 is 9.47 Å². The van der Waals surface area contributed by atoms with Crippen LogP contribution in [0.25, 0.3) is 10.8 Å². The normalized spacial score (nSPS) is 10.5. The fourth-order valence-corrected chi connectivity index (χ4v) is 1.98. The summed E-state index contributed by atoms with van der Waals surface area (Å²) in [5.41, 5.74) is 2.28. The number of benzene rings is 2. The molecule has 0 aromatic heterocycles. The highest BCUT2D eigenvalue weighted by atomic mass is 16.5. The van der Waals surface area contributed by atoms with Gasteiger partial charge in [-0.15, -0.1) is 0 Å². The van der Waals surface area contributed by atoms with E-state index in [-0.39, 0.29) is 0 Å². The summed E-state index contributed by atoms with van der Waals surface area (Å²) in [5.74, 6) is 1.86. The van der Waals surface area contributed by atoms with E-state index in [1.54, 1.807) is 14.2 Å². The Hall–Kier alpha value is -1.70. The van der Waals surface area contributed by atoms with Gasteiger partial charge in [0, 0.05) is 0 Å². The Balaban J connectivity index is 2.71. The maximum absolute atomic E-state index is 5.32. The molecule has 2 aromatic carbocycles. The lowest BCUT2D eigenvalue weighted by Crippen LogP contribution is -1.90. The molecule has 2 aromatic rings. The summed E-state index contributed by atoms with van der Waals surface area (Å²) in [7, 11) is 3.40.